The highest BCUT2D eigenvalue weighted by Crippen LogP contribution is 2.32. The van der Waals surface area contributed by atoms with Crippen molar-refractivity contribution in [3.05, 3.63) is 20.8 Å². The van der Waals surface area contributed by atoms with Crippen LogP contribution < -0.4 is 5.73 Å². The number of nitrogens with zero attached hydrogens (tertiary/aromatic N) is 1. The van der Waals surface area contributed by atoms with Gasteiger partial charge in [0.2, 0.25) is 0 Å². The van der Waals surface area contributed by atoms with Crippen molar-refractivity contribution < 1.29 is 4.74 Å². The Bertz CT molecular complexity index is 377. The van der Waals surface area contributed by atoms with Gasteiger partial charge in [0.15, 0.2) is 0 Å². The molecule has 18 heavy (non-hydrogen) atoms. The van der Waals surface area contributed by atoms with E-state index in [9.17, 15) is 0 Å². The predicted octanol–water partition coefficient (Wildman–Crippen LogP) is 3.01. The van der Waals surface area contributed by atoms with Crippen LogP contribution in [0.15, 0.2) is 15.9 Å². The topological polar surface area (TPSA) is 38.5 Å². The zero-order chi connectivity index (χ0) is 13.1. The minimum absolute atomic E-state index is 0.113. The average Bonchev–Trinajstić information content (AvgIpc) is 2.90. The van der Waals surface area contributed by atoms with Crippen LogP contribution in [0.3, 0.4) is 0 Å². The number of nitrogens with two attached hydrogens (primary N) is 1. The second-order valence-electron chi connectivity index (χ2n) is 5.02. The molecule has 1 aromatic rings. The summed E-state index contributed by atoms with van der Waals surface area (Å²) in [6.07, 6.45) is 2.73. The monoisotopic (exact) mass is 332 g/mol. The van der Waals surface area contributed by atoms with E-state index in [2.05, 4.69) is 46.9 Å². The Morgan fingerprint density at radius 3 is 2.89 bits per heavy atom. The van der Waals surface area contributed by atoms with E-state index in [4.69, 9.17) is 10.5 Å². The number of likely N-dealkylation sites (N-methyl/N-ethyl adjacent to an activating group) is 1. The maximum atomic E-state index is 6.16. The first-order valence-electron chi connectivity index (χ1n) is 6.40. The van der Waals surface area contributed by atoms with Gasteiger partial charge in [0.25, 0.3) is 0 Å². The van der Waals surface area contributed by atoms with Gasteiger partial charge in [-0.1, -0.05) is 0 Å². The van der Waals surface area contributed by atoms with E-state index in [-0.39, 0.29) is 12.1 Å². The van der Waals surface area contributed by atoms with E-state index in [0.29, 0.717) is 6.10 Å². The highest BCUT2D eigenvalue weighted by molar-refractivity contribution is 9.11. The highest BCUT2D eigenvalue weighted by Gasteiger charge is 2.26. The summed E-state index contributed by atoms with van der Waals surface area (Å²) < 4.78 is 6.87. The van der Waals surface area contributed by atoms with Crippen LogP contribution in [0.5, 0.6) is 0 Å². The van der Waals surface area contributed by atoms with Crippen LogP contribution in [0.1, 0.15) is 30.7 Å². The number of hydrogen-bond donors (Lipinski definition) is 1. The molecule has 3 unspecified atom stereocenters. The third-order valence-corrected chi connectivity index (χ3v) is 5.07. The number of ether oxygens (including phenoxy) is 1. The summed E-state index contributed by atoms with van der Waals surface area (Å²) >= 11 is 5.29. The molecule has 2 rings (SSSR count). The van der Waals surface area contributed by atoms with Gasteiger partial charge in [0.05, 0.1) is 15.9 Å². The van der Waals surface area contributed by atoms with Crippen molar-refractivity contribution in [2.24, 2.45) is 5.73 Å². The molecule has 2 N–H and O–H groups in total. The van der Waals surface area contributed by atoms with Gasteiger partial charge in [-0.2, -0.15) is 0 Å². The van der Waals surface area contributed by atoms with E-state index >= 15 is 0 Å². The lowest BCUT2D eigenvalue weighted by molar-refractivity contribution is 0.0648. The molecule has 0 spiro atoms. The fraction of sp³-hybridized carbons (Fsp3) is 0.692. The van der Waals surface area contributed by atoms with Crippen LogP contribution in [-0.2, 0) is 4.74 Å². The standard InChI is InChI=1S/C13H21BrN2OS/c1-9(15)13(11-5-6-12(14)18-11)16(2)8-10-4-3-7-17-10/h5-6,9-10,13H,3-4,7-8,15H2,1-2H3. The molecule has 1 fully saturated rings. The molecule has 0 aromatic carbocycles. The molecule has 3 nitrogen and oxygen atoms in total. The maximum Gasteiger partial charge on any atom is 0.0702 e. The molecule has 1 aliphatic heterocycles. The molecular formula is C13H21BrN2OS. The van der Waals surface area contributed by atoms with Crippen LogP contribution >= 0.6 is 27.3 Å². The normalized spacial score (nSPS) is 23.5. The molecule has 1 saturated heterocycles. The summed E-state index contributed by atoms with van der Waals surface area (Å²) in [6, 6.07) is 4.64. The zero-order valence-corrected chi connectivity index (χ0v) is 13.3. The van der Waals surface area contributed by atoms with Crippen molar-refractivity contribution in [1.29, 1.82) is 0 Å². The highest BCUT2D eigenvalue weighted by atomic mass is 79.9. The lowest BCUT2D eigenvalue weighted by Crippen LogP contribution is -2.40. The van der Waals surface area contributed by atoms with Crippen LogP contribution in [-0.4, -0.2) is 37.2 Å². The zero-order valence-electron chi connectivity index (χ0n) is 10.9. The average molecular weight is 333 g/mol. The lowest BCUT2D eigenvalue weighted by Gasteiger charge is -2.31. The first-order valence-corrected chi connectivity index (χ1v) is 8.01. The summed E-state index contributed by atoms with van der Waals surface area (Å²) in [5.41, 5.74) is 6.16. The molecular weight excluding hydrogens is 312 g/mol. The molecule has 102 valence electrons. The fourth-order valence-corrected chi connectivity index (χ4v) is 4.29. The first kappa shape index (κ1) is 14.5. The smallest absolute Gasteiger partial charge is 0.0702 e. The van der Waals surface area contributed by atoms with Crippen molar-refractivity contribution in [1.82, 2.24) is 4.90 Å². The number of thiophene rings is 1. The van der Waals surface area contributed by atoms with Gasteiger partial charge < -0.3 is 10.5 Å². The molecule has 1 aromatic heterocycles. The third kappa shape index (κ3) is 3.54. The van der Waals surface area contributed by atoms with Crippen molar-refractivity contribution in [2.45, 2.75) is 38.0 Å². The summed E-state index contributed by atoms with van der Waals surface area (Å²) in [5, 5.41) is 0. The van der Waals surface area contributed by atoms with Crippen LogP contribution in [0.2, 0.25) is 0 Å². The molecule has 0 aliphatic carbocycles. The molecule has 0 radical (unpaired) electrons. The Morgan fingerprint density at radius 1 is 1.61 bits per heavy atom. The lowest BCUT2D eigenvalue weighted by atomic mass is 10.1. The van der Waals surface area contributed by atoms with Crippen molar-refractivity contribution in [2.75, 3.05) is 20.2 Å². The van der Waals surface area contributed by atoms with Gasteiger partial charge in [-0.25, -0.2) is 0 Å². The van der Waals surface area contributed by atoms with Crippen LogP contribution in [0.25, 0.3) is 0 Å². The Hall–Kier alpha value is 0.0600. The minimum Gasteiger partial charge on any atom is -0.377 e. The molecule has 3 atom stereocenters. The fourth-order valence-electron chi connectivity index (χ4n) is 2.59. The van der Waals surface area contributed by atoms with Crippen LogP contribution in [0, 0.1) is 0 Å². The van der Waals surface area contributed by atoms with E-state index in [0.717, 1.165) is 16.9 Å². The number of hydrogen-bond acceptors (Lipinski definition) is 4. The Balaban J connectivity index is 2.04. The van der Waals surface area contributed by atoms with E-state index in [1.807, 2.05) is 0 Å². The largest absolute Gasteiger partial charge is 0.377 e. The van der Waals surface area contributed by atoms with Gasteiger partial charge in [-0.3, -0.25) is 4.90 Å². The molecule has 5 heteroatoms. The van der Waals surface area contributed by atoms with Crippen molar-refractivity contribution in [3.63, 3.8) is 0 Å². The Kier molecular flexibility index (Phi) is 5.21. The summed E-state index contributed by atoms with van der Waals surface area (Å²) in [6.45, 7) is 3.94. The van der Waals surface area contributed by atoms with Crippen molar-refractivity contribution in [3.8, 4) is 0 Å². The number of halogens is 1. The molecule has 0 saturated carbocycles. The molecule has 1 aliphatic rings. The molecule has 2 heterocycles. The van der Waals surface area contributed by atoms with Gasteiger partial charge in [-0.05, 0) is 54.9 Å². The first-order chi connectivity index (χ1) is 8.58. The van der Waals surface area contributed by atoms with Crippen LogP contribution in [0.4, 0.5) is 0 Å². The summed E-state index contributed by atoms with van der Waals surface area (Å²) in [4.78, 5) is 3.65. The summed E-state index contributed by atoms with van der Waals surface area (Å²) in [7, 11) is 2.14. The van der Waals surface area contributed by atoms with E-state index in [1.54, 1.807) is 11.3 Å². The van der Waals surface area contributed by atoms with E-state index in [1.165, 1.54) is 17.7 Å². The molecule has 0 amide bonds. The second-order valence-corrected chi connectivity index (χ2v) is 7.52. The molecule has 0 bridgehead atoms. The predicted molar refractivity (Wildman–Crippen MR) is 80.0 cm³/mol. The minimum atomic E-state index is 0.113. The van der Waals surface area contributed by atoms with Gasteiger partial charge >= 0.3 is 0 Å². The summed E-state index contributed by atoms with van der Waals surface area (Å²) in [5.74, 6) is 0. The Labute approximate surface area is 121 Å². The van der Waals surface area contributed by atoms with E-state index < -0.39 is 0 Å². The van der Waals surface area contributed by atoms with Gasteiger partial charge in [0, 0.05) is 24.1 Å². The second kappa shape index (κ2) is 6.48. The quantitative estimate of drug-likeness (QED) is 0.900. The van der Waals surface area contributed by atoms with Gasteiger partial charge in [-0.15, -0.1) is 11.3 Å². The van der Waals surface area contributed by atoms with Gasteiger partial charge in [0.1, 0.15) is 0 Å². The van der Waals surface area contributed by atoms with Crippen molar-refractivity contribution >= 4 is 27.3 Å². The maximum absolute atomic E-state index is 6.16. The number of rotatable bonds is 5. The Morgan fingerprint density at radius 2 is 2.39 bits per heavy atom. The third-order valence-electron chi connectivity index (χ3n) is 3.37. The SMILES string of the molecule is CC(N)C(c1ccc(Br)s1)N(C)CC1CCCO1.